The number of aliphatic hydroxyl groups excluding tert-OH is 1. The van der Waals surface area contributed by atoms with E-state index in [9.17, 15) is 24.9 Å². The van der Waals surface area contributed by atoms with Crippen LogP contribution in [0, 0.1) is 0 Å². The van der Waals surface area contributed by atoms with Crippen molar-refractivity contribution >= 4 is 39.4 Å². The summed E-state index contributed by atoms with van der Waals surface area (Å²) in [5.74, 6) is 1.74. The van der Waals surface area contributed by atoms with E-state index in [1.807, 2.05) is 37.3 Å². The minimum atomic E-state index is -0.894. The number of phenols is 1. The first-order chi connectivity index (χ1) is 16.4. The van der Waals surface area contributed by atoms with Gasteiger partial charge in [0, 0.05) is 31.0 Å². The summed E-state index contributed by atoms with van der Waals surface area (Å²) in [5, 5.41) is 33.1. The number of thioether (sulfide) groups is 1. The molecule has 8 nitrogen and oxygen atoms in total. The lowest BCUT2D eigenvalue weighted by Crippen LogP contribution is -2.34. The second-order valence-corrected chi connectivity index (χ2v) is 10.3. The van der Waals surface area contributed by atoms with Gasteiger partial charge in [-0.05, 0) is 36.3 Å². The summed E-state index contributed by atoms with van der Waals surface area (Å²) >= 11 is 2.68. The molecule has 1 aromatic heterocycles. The maximum Gasteiger partial charge on any atom is 0.407 e. The van der Waals surface area contributed by atoms with Crippen molar-refractivity contribution in [2.75, 3.05) is 37.7 Å². The van der Waals surface area contributed by atoms with Crippen LogP contribution in [0.25, 0.3) is 10.2 Å². The van der Waals surface area contributed by atoms with Gasteiger partial charge in [-0.25, -0.2) is 4.79 Å². The summed E-state index contributed by atoms with van der Waals surface area (Å²) in [6, 6.07) is 13.0. The Morgan fingerprint density at radius 3 is 2.71 bits per heavy atom. The van der Waals surface area contributed by atoms with Crippen LogP contribution in [0.1, 0.15) is 36.5 Å². The molecule has 2 aromatic carbocycles. The van der Waals surface area contributed by atoms with E-state index in [0.717, 1.165) is 34.8 Å². The van der Waals surface area contributed by atoms with Crippen molar-refractivity contribution in [2.45, 2.75) is 25.4 Å². The molecule has 0 aliphatic carbocycles. The first kappa shape index (κ1) is 26.1. The summed E-state index contributed by atoms with van der Waals surface area (Å²) in [6.45, 7) is 4.04. The summed E-state index contributed by atoms with van der Waals surface area (Å²) in [5.41, 5.74) is 2.10. The Labute approximate surface area is 206 Å². The number of nitrogens with one attached hydrogen (secondary N) is 2. The highest BCUT2D eigenvalue weighted by Gasteiger charge is 2.17. The van der Waals surface area contributed by atoms with Gasteiger partial charge < -0.3 is 30.5 Å². The average Bonchev–Trinajstić information content (AvgIpc) is 3.22. The number of aromatic amines is 1. The lowest BCUT2D eigenvalue weighted by Gasteiger charge is -2.23. The molecule has 3 aromatic rings. The quantitative estimate of drug-likeness (QED) is 0.224. The third-order valence-corrected chi connectivity index (χ3v) is 7.55. The molecule has 5 N–H and O–H groups in total. The first-order valence-electron chi connectivity index (χ1n) is 11.2. The van der Waals surface area contributed by atoms with Gasteiger partial charge >= 0.3 is 11.0 Å². The van der Waals surface area contributed by atoms with Crippen LogP contribution in [0.5, 0.6) is 5.75 Å². The molecule has 0 saturated heterocycles. The second-order valence-electron chi connectivity index (χ2n) is 8.12. The van der Waals surface area contributed by atoms with Crippen LogP contribution in [0.3, 0.4) is 0 Å². The van der Waals surface area contributed by atoms with E-state index in [1.165, 1.54) is 11.0 Å². The highest BCUT2D eigenvalue weighted by molar-refractivity contribution is 7.99. The number of thiazole rings is 1. The maximum absolute atomic E-state index is 11.6. The van der Waals surface area contributed by atoms with Crippen molar-refractivity contribution in [1.29, 1.82) is 0 Å². The number of aromatic nitrogens is 1. The Kier molecular flexibility index (Phi) is 9.82. The number of carbonyl (C=O) groups is 1. The summed E-state index contributed by atoms with van der Waals surface area (Å²) in [7, 11) is 0. The molecule has 0 bridgehead atoms. The van der Waals surface area contributed by atoms with Gasteiger partial charge in [0.1, 0.15) is 11.3 Å². The van der Waals surface area contributed by atoms with Crippen molar-refractivity contribution in [3.63, 3.8) is 0 Å². The first-order valence-corrected chi connectivity index (χ1v) is 13.2. The molecule has 0 aliphatic heterocycles. The zero-order valence-electron chi connectivity index (χ0n) is 19.1. The Balaban J connectivity index is 1.33. The van der Waals surface area contributed by atoms with E-state index >= 15 is 0 Å². The lowest BCUT2D eigenvalue weighted by molar-refractivity contribution is 0.146. The standard InChI is InChI=1S/C24H31N3O5S2/c1-16(17-6-3-2-4-7-17)15-27(24(31)32)11-13-33-12-5-10-25-14-20(29)18-8-9-19(28)21-22(18)34-23(30)26-21/h2-4,6-9,16,20,25,28-29H,5,10-15H2,1H3,(H,26,30)(H,31,32)/t16-,20+/m0/s1. The number of amides is 1. The van der Waals surface area contributed by atoms with Crippen LogP contribution < -0.4 is 10.2 Å². The third kappa shape index (κ3) is 7.23. The highest BCUT2D eigenvalue weighted by Crippen LogP contribution is 2.31. The molecule has 3 rings (SSSR count). The molecule has 1 amide bonds. The fourth-order valence-electron chi connectivity index (χ4n) is 3.71. The molecular weight excluding hydrogens is 474 g/mol. The highest BCUT2D eigenvalue weighted by atomic mass is 32.2. The van der Waals surface area contributed by atoms with E-state index < -0.39 is 12.2 Å². The lowest BCUT2D eigenvalue weighted by atomic mass is 10.0. The zero-order chi connectivity index (χ0) is 24.5. The van der Waals surface area contributed by atoms with Crippen molar-refractivity contribution in [2.24, 2.45) is 0 Å². The normalized spacial score (nSPS) is 13.1. The summed E-state index contributed by atoms with van der Waals surface area (Å²) in [4.78, 5) is 27.0. The van der Waals surface area contributed by atoms with Gasteiger partial charge in [-0.3, -0.25) is 4.79 Å². The maximum atomic E-state index is 11.6. The molecule has 34 heavy (non-hydrogen) atoms. The number of rotatable bonds is 13. The van der Waals surface area contributed by atoms with Crippen LogP contribution in [-0.4, -0.2) is 69.0 Å². The molecular formula is C24H31N3O5S2. The molecule has 0 fully saturated rings. The smallest absolute Gasteiger partial charge is 0.407 e. The number of hydrogen-bond acceptors (Lipinski definition) is 7. The zero-order valence-corrected chi connectivity index (χ0v) is 20.7. The Bertz CT molecular complexity index is 1120. The Morgan fingerprint density at radius 1 is 1.21 bits per heavy atom. The van der Waals surface area contributed by atoms with Crippen molar-refractivity contribution in [3.8, 4) is 5.75 Å². The van der Waals surface area contributed by atoms with E-state index in [0.29, 0.717) is 42.0 Å². The van der Waals surface area contributed by atoms with Gasteiger partial charge in [0.15, 0.2) is 0 Å². The molecule has 0 spiro atoms. The van der Waals surface area contributed by atoms with Gasteiger partial charge in [-0.2, -0.15) is 11.8 Å². The van der Waals surface area contributed by atoms with Gasteiger partial charge in [0.25, 0.3) is 0 Å². The molecule has 0 radical (unpaired) electrons. The minimum Gasteiger partial charge on any atom is -0.506 e. The number of hydrogen-bond donors (Lipinski definition) is 5. The number of benzene rings is 2. The van der Waals surface area contributed by atoms with Crippen LogP contribution >= 0.6 is 23.1 Å². The van der Waals surface area contributed by atoms with Crippen molar-refractivity contribution < 1.29 is 20.1 Å². The second kappa shape index (κ2) is 12.8. The predicted octanol–water partition coefficient (Wildman–Crippen LogP) is 3.83. The molecule has 0 saturated carbocycles. The van der Waals surface area contributed by atoms with Gasteiger partial charge in [0.2, 0.25) is 0 Å². The number of phenolic OH excluding ortho intramolecular Hbond substituents is 1. The van der Waals surface area contributed by atoms with Crippen molar-refractivity contribution in [1.82, 2.24) is 15.2 Å². The van der Waals surface area contributed by atoms with E-state index in [-0.39, 0.29) is 16.5 Å². The van der Waals surface area contributed by atoms with Gasteiger partial charge in [-0.1, -0.05) is 54.7 Å². The molecule has 10 heteroatoms. The molecule has 0 aliphatic rings. The van der Waals surface area contributed by atoms with E-state index in [1.54, 1.807) is 17.8 Å². The van der Waals surface area contributed by atoms with Crippen LogP contribution in [0.15, 0.2) is 47.3 Å². The van der Waals surface area contributed by atoms with Crippen LogP contribution in [0.2, 0.25) is 0 Å². The van der Waals surface area contributed by atoms with Crippen LogP contribution in [0.4, 0.5) is 4.79 Å². The number of H-pyrrole nitrogens is 1. The monoisotopic (exact) mass is 505 g/mol. The summed E-state index contributed by atoms with van der Waals surface area (Å²) in [6.07, 6.45) is -0.805. The Hall–Kier alpha value is -2.53. The predicted molar refractivity (Wildman–Crippen MR) is 138 cm³/mol. The molecule has 184 valence electrons. The number of nitrogens with zero attached hydrogens (tertiary/aromatic N) is 1. The summed E-state index contributed by atoms with van der Waals surface area (Å²) < 4.78 is 0.569. The number of aromatic hydroxyl groups is 1. The molecule has 0 unspecified atom stereocenters. The fourth-order valence-corrected chi connectivity index (χ4v) is 5.53. The number of carboxylic acid groups (broad SMARTS) is 1. The topological polar surface area (TPSA) is 126 Å². The largest absolute Gasteiger partial charge is 0.506 e. The van der Waals surface area contributed by atoms with E-state index in [4.69, 9.17) is 0 Å². The van der Waals surface area contributed by atoms with E-state index in [2.05, 4.69) is 10.3 Å². The van der Waals surface area contributed by atoms with Crippen LogP contribution in [-0.2, 0) is 0 Å². The molecule has 1 heterocycles. The van der Waals surface area contributed by atoms with Gasteiger partial charge in [0.05, 0.1) is 10.8 Å². The minimum absolute atomic E-state index is 0.00901. The average molecular weight is 506 g/mol. The Morgan fingerprint density at radius 2 is 1.97 bits per heavy atom. The number of fused-ring (bicyclic) bond motifs is 1. The third-order valence-electron chi connectivity index (χ3n) is 5.57. The van der Waals surface area contributed by atoms with Crippen molar-refractivity contribution in [3.05, 3.63) is 63.3 Å². The number of aliphatic hydroxyl groups is 1. The fraction of sp³-hybridized carbons (Fsp3) is 0.417. The van der Waals surface area contributed by atoms with Gasteiger partial charge in [-0.15, -0.1) is 0 Å². The molecule has 2 atom stereocenters. The SMILES string of the molecule is C[C@@H](CN(CCSCCCNC[C@@H](O)c1ccc(O)c2[nH]c(=O)sc12)C(=O)O)c1ccccc1.